The van der Waals surface area contributed by atoms with E-state index in [0.29, 0.717) is 23.1 Å². The van der Waals surface area contributed by atoms with Crippen molar-refractivity contribution < 1.29 is 41.9 Å². The number of halogens is 3. The number of hydrogen-bond acceptors (Lipinski definition) is 7. The summed E-state index contributed by atoms with van der Waals surface area (Å²) >= 11 is 0. The fraction of sp³-hybridized carbons (Fsp3) is 0.158. The molecule has 2 aromatic rings. The number of alkyl halides is 3. The summed E-state index contributed by atoms with van der Waals surface area (Å²) in [5.74, 6) is -0.906. The second-order valence-corrected chi connectivity index (χ2v) is 6.09. The topological polar surface area (TPSA) is 117 Å². The molecule has 1 amide bonds. The number of carbonyl (C=O) groups excluding carboxylic acids is 2. The van der Waals surface area contributed by atoms with E-state index < -0.39 is 46.5 Å². The standard InChI is InChI=1S/C19H13F3N2O7/c20-19(21,22)13-8-12(24(27)28)3-4-14(13)23-17(25)9-29-18(26)6-2-11-1-5-15-16(7-11)31-10-30-15/h1-8H,9-10H2,(H,23,25)/b6-2+. The summed E-state index contributed by atoms with van der Waals surface area (Å²) in [7, 11) is 0. The summed E-state index contributed by atoms with van der Waals surface area (Å²) in [6.07, 6.45) is -2.53. The molecular formula is C19H13F3N2O7. The summed E-state index contributed by atoms with van der Waals surface area (Å²) in [6, 6.07) is 6.77. The summed E-state index contributed by atoms with van der Waals surface area (Å²) in [4.78, 5) is 33.3. The highest BCUT2D eigenvalue weighted by Crippen LogP contribution is 2.37. The molecule has 9 nitrogen and oxygen atoms in total. The number of fused-ring (bicyclic) bond motifs is 1. The maximum absolute atomic E-state index is 13.1. The van der Waals surface area contributed by atoms with Crippen molar-refractivity contribution in [3.63, 3.8) is 0 Å². The lowest BCUT2D eigenvalue weighted by atomic mass is 10.1. The van der Waals surface area contributed by atoms with Crippen LogP contribution in [-0.2, 0) is 20.5 Å². The Morgan fingerprint density at radius 3 is 2.61 bits per heavy atom. The first-order valence-corrected chi connectivity index (χ1v) is 8.53. The molecule has 0 aromatic heterocycles. The van der Waals surface area contributed by atoms with Gasteiger partial charge in [-0.25, -0.2) is 4.79 Å². The maximum Gasteiger partial charge on any atom is 0.418 e. The van der Waals surface area contributed by atoms with E-state index in [0.717, 1.165) is 18.2 Å². The van der Waals surface area contributed by atoms with E-state index in [4.69, 9.17) is 14.2 Å². The van der Waals surface area contributed by atoms with Crippen LogP contribution >= 0.6 is 0 Å². The normalized spacial score (nSPS) is 12.6. The molecule has 1 N–H and O–H groups in total. The lowest BCUT2D eigenvalue weighted by molar-refractivity contribution is -0.385. The number of carbonyl (C=O) groups is 2. The Balaban J connectivity index is 1.58. The molecule has 3 rings (SSSR count). The van der Waals surface area contributed by atoms with E-state index in [9.17, 15) is 32.9 Å². The average Bonchev–Trinajstić information content (AvgIpc) is 3.18. The maximum atomic E-state index is 13.1. The third-order valence-electron chi connectivity index (χ3n) is 3.95. The number of nitrogens with one attached hydrogen (secondary N) is 1. The second kappa shape index (κ2) is 8.73. The van der Waals surface area contributed by atoms with Gasteiger partial charge in [0.15, 0.2) is 18.1 Å². The van der Waals surface area contributed by atoms with Crippen LogP contribution in [0.3, 0.4) is 0 Å². The lowest BCUT2D eigenvalue weighted by Crippen LogP contribution is -2.22. The monoisotopic (exact) mass is 438 g/mol. The molecule has 0 atom stereocenters. The number of benzene rings is 2. The number of hydrogen-bond donors (Lipinski definition) is 1. The van der Waals surface area contributed by atoms with Crippen LogP contribution in [-0.4, -0.2) is 30.2 Å². The number of amides is 1. The largest absolute Gasteiger partial charge is 0.454 e. The van der Waals surface area contributed by atoms with Crippen molar-refractivity contribution >= 4 is 29.3 Å². The van der Waals surface area contributed by atoms with Gasteiger partial charge in [0.25, 0.3) is 11.6 Å². The zero-order chi connectivity index (χ0) is 22.6. The van der Waals surface area contributed by atoms with Crippen LogP contribution in [0.1, 0.15) is 11.1 Å². The van der Waals surface area contributed by atoms with Crippen LogP contribution in [0.5, 0.6) is 11.5 Å². The molecule has 0 unspecified atom stereocenters. The van der Waals surface area contributed by atoms with Gasteiger partial charge in [-0.05, 0) is 29.8 Å². The van der Waals surface area contributed by atoms with E-state index in [1.807, 2.05) is 5.32 Å². The van der Waals surface area contributed by atoms with Crippen molar-refractivity contribution in [1.29, 1.82) is 0 Å². The molecule has 1 aliphatic rings. The highest BCUT2D eigenvalue weighted by Gasteiger charge is 2.35. The number of anilines is 1. The fourth-order valence-electron chi connectivity index (χ4n) is 2.54. The van der Waals surface area contributed by atoms with Crippen molar-refractivity contribution in [2.24, 2.45) is 0 Å². The van der Waals surface area contributed by atoms with Crippen LogP contribution in [0.15, 0.2) is 42.5 Å². The van der Waals surface area contributed by atoms with Crippen molar-refractivity contribution in [2.75, 3.05) is 18.7 Å². The Labute approximate surface area is 172 Å². The molecule has 0 spiro atoms. The third kappa shape index (κ3) is 5.50. The third-order valence-corrected chi connectivity index (χ3v) is 3.95. The van der Waals surface area contributed by atoms with Gasteiger partial charge in [-0.2, -0.15) is 13.2 Å². The Bertz CT molecular complexity index is 1070. The first kappa shape index (κ1) is 21.6. The number of esters is 1. The number of nitro groups is 1. The van der Waals surface area contributed by atoms with Gasteiger partial charge in [-0.15, -0.1) is 0 Å². The highest BCUT2D eigenvalue weighted by molar-refractivity contribution is 5.95. The summed E-state index contributed by atoms with van der Waals surface area (Å²) in [5, 5.41) is 12.6. The number of nitrogens with zero attached hydrogens (tertiary/aromatic N) is 1. The van der Waals surface area contributed by atoms with E-state index in [1.165, 1.54) is 6.08 Å². The molecular weight excluding hydrogens is 425 g/mol. The van der Waals surface area contributed by atoms with E-state index in [-0.39, 0.29) is 6.79 Å². The minimum Gasteiger partial charge on any atom is -0.454 e. The van der Waals surface area contributed by atoms with Gasteiger partial charge in [0.1, 0.15) is 0 Å². The first-order chi connectivity index (χ1) is 14.6. The van der Waals surface area contributed by atoms with Crippen molar-refractivity contribution in [3.05, 3.63) is 63.7 Å². The van der Waals surface area contributed by atoms with Crippen LogP contribution in [0, 0.1) is 10.1 Å². The Morgan fingerprint density at radius 1 is 1.16 bits per heavy atom. The van der Waals surface area contributed by atoms with Crippen LogP contribution < -0.4 is 14.8 Å². The number of ether oxygens (including phenoxy) is 3. The molecule has 31 heavy (non-hydrogen) atoms. The zero-order valence-electron chi connectivity index (χ0n) is 15.5. The summed E-state index contributed by atoms with van der Waals surface area (Å²) < 4.78 is 54.4. The predicted molar refractivity (Wildman–Crippen MR) is 99.3 cm³/mol. The summed E-state index contributed by atoms with van der Waals surface area (Å²) in [5.41, 5.74) is -2.30. The Morgan fingerprint density at radius 2 is 1.90 bits per heavy atom. The number of nitro benzene ring substituents is 1. The lowest BCUT2D eigenvalue weighted by Gasteiger charge is -2.13. The Hall–Kier alpha value is -4.09. The van der Waals surface area contributed by atoms with Gasteiger partial charge in [0, 0.05) is 18.2 Å². The first-order valence-electron chi connectivity index (χ1n) is 8.53. The minimum absolute atomic E-state index is 0.0878. The molecule has 0 saturated carbocycles. The molecule has 0 fully saturated rings. The molecule has 0 bridgehead atoms. The van der Waals surface area contributed by atoms with Gasteiger partial charge in [-0.3, -0.25) is 14.9 Å². The van der Waals surface area contributed by atoms with Crippen molar-refractivity contribution in [1.82, 2.24) is 0 Å². The van der Waals surface area contributed by atoms with Gasteiger partial charge in [-0.1, -0.05) is 6.07 Å². The Kier molecular flexibility index (Phi) is 6.09. The molecule has 2 aromatic carbocycles. The molecule has 1 heterocycles. The molecule has 162 valence electrons. The van der Waals surface area contributed by atoms with E-state index in [1.54, 1.807) is 18.2 Å². The fourth-order valence-corrected chi connectivity index (χ4v) is 2.54. The van der Waals surface area contributed by atoms with E-state index in [2.05, 4.69) is 0 Å². The number of non-ortho nitro benzene ring substituents is 1. The van der Waals surface area contributed by atoms with Crippen molar-refractivity contribution in [2.45, 2.75) is 6.18 Å². The zero-order valence-corrected chi connectivity index (χ0v) is 15.5. The summed E-state index contributed by atoms with van der Waals surface area (Å²) in [6.45, 7) is -0.775. The predicted octanol–water partition coefficient (Wildman–Crippen LogP) is 3.54. The van der Waals surface area contributed by atoms with Gasteiger partial charge in [0.05, 0.1) is 16.2 Å². The molecule has 0 aliphatic carbocycles. The minimum atomic E-state index is -4.95. The molecule has 12 heteroatoms. The smallest absolute Gasteiger partial charge is 0.418 e. The highest BCUT2D eigenvalue weighted by atomic mass is 19.4. The van der Waals surface area contributed by atoms with E-state index >= 15 is 0 Å². The second-order valence-electron chi connectivity index (χ2n) is 6.09. The van der Waals surface area contributed by atoms with Crippen LogP contribution in [0.4, 0.5) is 24.5 Å². The van der Waals surface area contributed by atoms with Gasteiger partial charge >= 0.3 is 12.1 Å². The quantitative estimate of drug-likeness (QED) is 0.317. The van der Waals surface area contributed by atoms with Crippen LogP contribution in [0.25, 0.3) is 6.08 Å². The molecule has 0 radical (unpaired) electrons. The number of rotatable bonds is 6. The molecule has 0 saturated heterocycles. The van der Waals surface area contributed by atoms with Gasteiger partial charge < -0.3 is 19.5 Å². The van der Waals surface area contributed by atoms with Gasteiger partial charge in [0.2, 0.25) is 6.79 Å². The van der Waals surface area contributed by atoms with Crippen LogP contribution in [0.2, 0.25) is 0 Å². The SMILES string of the molecule is O=C(COC(=O)/C=C/c1ccc2c(c1)OCO2)Nc1ccc([N+](=O)[O-])cc1C(F)(F)F. The van der Waals surface area contributed by atoms with Crippen molar-refractivity contribution in [3.8, 4) is 11.5 Å². The molecule has 1 aliphatic heterocycles. The average molecular weight is 438 g/mol.